The van der Waals surface area contributed by atoms with Crippen LogP contribution in [0.5, 0.6) is 0 Å². The molecular formula is C11H12ClN3O. The highest BCUT2D eigenvalue weighted by Gasteiger charge is 2.05. The van der Waals surface area contributed by atoms with Gasteiger partial charge in [-0.3, -0.25) is 0 Å². The summed E-state index contributed by atoms with van der Waals surface area (Å²) in [5.74, 6) is 0. The summed E-state index contributed by atoms with van der Waals surface area (Å²) in [7, 11) is 0. The second-order valence-electron chi connectivity index (χ2n) is 3.45. The molecule has 0 saturated carbocycles. The Bertz CT molecular complexity index is 466. The van der Waals surface area contributed by atoms with Crippen molar-refractivity contribution in [1.29, 1.82) is 0 Å². The molecule has 2 rings (SSSR count). The average molecular weight is 238 g/mol. The third-order valence-corrected chi connectivity index (χ3v) is 2.51. The molecular weight excluding hydrogens is 226 g/mol. The van der Waals surface area contributed by atoms with Gasteiger partial charge in [0.15, 0.2) is 0 Å². The van der Waals surface area contributed by atoms with Crippen molar-refractivity contribution in [3.05, 3.63) is 47.2 Å². The van der Waals surface area contributed by atoms with E-state index in [4.69, 9.17) is 17.3 Å². The highest BCUT2D eigenvalue weighted by atomic mass is 35.5. The molecule has 84 valence electrons. The Hall–Kier alpha value is -1.36. The molecule has 0 spiro atoms. The van der Waals surface area contributed by atoms with Crippen molar-refractivity contribution in [2.75, 3.05) is 6.54 Å². The number of aromatic nitrogens is 2. The Labute approximate surface area is 98.3 Å². The molecule has 16 heavy (non-hydrogen) atoms. The van der Waals surface area contributed by atoms with Gasteiger partial charge in [0.05, 0.1) is 23.0 Å². The Balaban J connectivity index is 2.25. The monoisotopic (exact) mass is 237 g/mol. The molecule has 0 saturated heterocycles. The summed E-state index contributed by atoms with van der Waals surface area (Å²) >= 11 is 5.77. The molecule has 1 aromatic heterocycles. The molecule has 1 unspecified atom stereocenters. The highest BCUT2D eigenvalue weighted by Crippen LogP contribution is 2.16. The van der Waals surface area contributed by atoms with Gasteiger partial charge >= 0.3 is 0 Å². The molecule has 0 aliphatic carbocycles. The van der Waals surface area contributed by atoms with Crippen molar-refractivity contribution in [2.45, 2.75) is 6.10 Å². The normalized spacial score (nSPS) is 12.7. The number of rotatable bonds is 3. The second kappa shape index (κ2) is 4.65. The molecule has 4 nitrogen and oxygen atoms in total. The third-order valence-electron chi connectivity index (χ3n) is 2.32. The molecule has 1 aromatic carbocycles. The summed E-state index contributed by atoms with van der Waals surface area (Å²) in [6.45, 7) is 0.215. The maximum absolute atomic E-state index is 9.53. The number of aliphatic hydroxyl groups excluding tert-OH is 1. The summed E-state index contributed by atoms with van der Waals surface area (Å²) < 4.78 is 1.67. The minimum atomic E-state index is -0.616. The van der Waals surface area contributed by atoms with Gasteiger partial charge in [0.1, 0.15) is 0 Å². The summed E-state index contributed by atoms with van der Waals surface area (Å²) in [6.07, 6.45) is 2.68. The van der Waals surface area contributed by atoms with Crippen LogP contribution in [0.2, 0.25) is 5.02 Å². The van der Waals surface area contributed by atoms with E-state index < -0.39 is 6.10 Å². The van der Waals surface area contributed by atoms with Crippen LogP contribution in [0.3, 0.4) is 0 Å². The standard InChI is InChI=1S/C11H12ClN3O/c12-9-6-14-15(7-9)10-3-1-8(2-4-10)11(16)5-13/h1-4,6-7,11,16H,5,13H2. The summed E-state index contributed by atoms with van der Waals surface area (Å²) in [4.78, 5) is 0. The van der Waals surface area contributed by atoms with E-state index in [9.17, 15) is 5.11 Å². The number of hydrogen-bond donors (Lipinski definition) is 2. The van der Waals surface area contributed by atoms with E-state index in [1.54, 1.807) is 17.1 Å². The predicted octanol–water partition coefficient (Wildman–Crippen LogP) is 1.52. The average Bonchev–Trinajstić information content (AvgIpc) is 2.75. The second-order valence-corrected chi connectivity index (χ2v) is 3.88. The lowest BCUT2D eigenvalue weighted by molar-refractivity contribution is 0.187. The summed E-state index contributed by atoms with van der Waals surface area (Å²) in [5.41, 5.74) is 7.06. The Kier molecular flexibility index (Phi) is 3.24. The van der Waals surface area contributed by atoms with Gasteiger partial charge in [0.25, 0.3) is 0 Å². The van der Waals surface area contributed by atoms with E-state index in [1.807, 2.05) is 24.3 Å². The van der Waals surface area contributed by atoms with Gasteiger partial charge in [-0.1, -0.05) is 23.7 Å². The maximum atomic E-state index is 9.53. The van der Waals surface area contributed by atoms with Crippen molar-refractivity contribution in [1.82, 2.24) is 9.78 Å². The highest BCUT2D eigenvalue weighted by molar-refractivity contribution is 6.30. The zero-order valence-electron chi connectivity index (χ0n) is 8.55. The molecule has 5 heteroatoms. The summed E-state index contributed by atoms with van der Waals surface area (Å²) in [5, 5.41) is 14.2. The number of nitrogens with two attached hydrogens (primary N) is 1. The van der Waals surface area contributed by atoms with Gasteiger partial charge in [-0.15, -0.1) is 0 Å². The number of benzene rings is 1. The number of nitrogens with zero attached hydrogens (tertiary/aromatic N) is 2. The maximum Gasteiger partial charge on any atom is 0.0912 e. The minimum absolute atomic E-state index is 0.215. The van der Waals surface area contributed by atoms with Crippen LogP contribution >= 0.6 is 11.6 Å². The fraction of sp³-hybridized carbons (Fsp3) is 0.182. The first kappa shape index (κ1) is 11.1. The van der Waals surface area contributed by atoms with Crippen LogP contribution in [-0.4, -0.2) is 21.4 Å². The first-order valence-corrected chi connectivity index (χ1v) is 5.27. The Morgan fingerprint density at radius 2 is 2.06 bits per heavy atom. The first-order chi connectivity index (χ1) is 7.70. The van der Waals surface area contributed by atoms with Crippen LogP contribution in [-0.2, 0) is 0 Å². The number of halogens is 1. The lowest BCUT2D eigenvalue weighted by Crippen LogP contribution is -2.11. The van der Waals surface area contributed by atoms with Crippen molar-refractivity contribution in [2.24, 2.45) is 5.73 Å². The SMILES string of the molecule is NCC(O)c1ccc(-n2cc(Cl)cn2)cc1. The quantitative estimate of drug-likeness (QED) is 0.851. The van der Waals surface area contributed by atoms with Crippen molar-refractivity contribution in [3.63, 3.8) is 0 Å². The Morgan fingerprint density at radius 3 is 2.56 bits per heavy atom. The zero-order chi connectivity index (χ0) is 11.5. The van der Waals surface area contributed by atoms with Gasteiger partial charge in [0.2, 0.25) is 0 Å². The Morgan fingerprint density at radius 1 is 1.38 bits per heavy atom. The predicted molar refractivity (Wildman–Crippen MR) is 62.6 cm³/mol. The smallest absolute Gasteiger partial charge is 0.0912 e. The molecule has 1 heterocycles. The minimum Gasteiger partial charge on any atom is -0.387 e. The van der Waals surface area contributed by atoms with Gasteiger partial charge in [-0.2, -0.15) is 5.10 Å². The number of hydrogen-bond acceptors (Lipinski definition) is 3. The molecule has 0 aliphatic heterocycles. The van der Waals surface area contributed by atoms with Crippen LogP contribution in [0.1, 0.15) is 11.7 Å². The molecule has 0 radical (unpaired) electrons. The lowest BCUT2D eigenvalue weighted by Gasteiger charge is -2.08. The van der Waals surface area contributed by atoms with E-state index in [2.05, 4.69) is 5.10 Å². The molecule has 0 amide bonds. The van der Waals surface area contributed by atoms with Crippen molar-refractivity contribution in [3.8, 4) is 5.69 Å². The fourth-order valence-corrected chi connectivity index (χ4v) is 1.56. The number of aliphatic hydroxyl groups is 1. The molecule has 0 fully saturated rings. The van der Waals surface area contributed by atoms with Crippen LogP contribution in [0, 0.1) is 0 Å². The topological polar surface area (TPSA) is 64.1 Å². The van der Waals surface area contributed by atoms with Crippen molar-refractivity contribution >= 4 is 11.6 Å². The summed E-state index contributed by atoms with van der Waals surface area (Å²) in [6, 6.07) is 7.36. The van der Waals surface area contributed by atoms with Crippen molar-refractivity contribution < 1.29 is 5.11 Å². The van der Waals surface area contributed by atoms with Crippen LogP contribution in [0.4, 0.5) is 0 Å². The molecule has 1 atom stereocenters. The lowest BCUT2D eigenvalue weighted by atomic mass is 10.1. The van der Waals surface area contributed by atoms with Gasteiger partial charge < -0.3 is 10.8 Å². The molecule has 0 aliphatic rings. The zero-order valence-corrected chi connectivity index (χ0v) is 9.30. The fourth-order valence-electron chi connectivity index (χ4n) is 1.43. The van der Waals surface area contributed by atoms with E-state index >= 15 is 0 Å². The molecule has 2 aromatic rings. The van der Waals surface area contributed by atoms with Crippen LogP contribution < -0.4 is 5.73 Å². The van der Waals surface area contributed by atoms with E-state index in [0.29, 0.717) is 5.02 Å². The van der Waals surface area contributed by atoms with E-state index in [-0.39, 0.29) is 6.54 Å². The third kappa shape index (κ3) is 2.24. The van der Waals surface area contributed by atoms with Gasteiger partial charge in [-0.05, 0) is 17.7 Å². The first-order valence-electron chi connectivity index (χ1n) is 4.89. The largest absolute Gasteiger partial charge is 0.387 e. The van der Waals surface area contributed by atoms with Gasteiger partial charge in [-0.25, -0.2) is 4.68 Å². The van der Waals surface area contributed by atoms with Crippen LogP contribution in [0.15, 0.2) is 36.7 Å². The van der Waals surface area contributed by atoms with Gasteiger partial charge in [0, 0.05) is 12.7 Å². The van der Waals surface area contributed by atoms with E-state index in [1.165, 1.54) is 0 Å². The molecule has 0 bridgehead atoms. The van der Waals surface area contributed by atoms with Crippen LogP contribution in [0.25, 0.3) is 5.69 Å². The van der Waals surface area contributed by atoms with E-state index in [0.717, 1.165) is 11.3 Å². The molecule has 3 N–H and O–H groups in total.